The third-order valence-corrected chi connectivity index (χ3v) is 4.17. The molecule has 0 fully saturated rings. The van der Waals surface area contributed by atoms with Crippen molar-refractivity contribution < 1.29 is 13.9 Å². The summed E-state index contributed by atoms with van der Waals surface area (Å²) in [5.41, 5.74) is 1.97. The quantitative estimate of drug-likeness (QED) is 0.799. The molecule has 0 aromatic heterocycles. The van der Waals surface area contributed by atoms with Crippen LogP contribution < -0.4 is 10.1 Å². The minimum atomic E-state index is -0.246. The summed E-state index contributed by atoms with van der Waals surface area (Å²) in [6.07, 6.45) is 0. The number of thioether (sulfide) groups is 1. The van der Waals surface area contributed by atoms with Crippen molar-refractivity contribution in [2.45, 2.75) is 19.2 Å². The fourth-order valence-corrected chi connectivity index (χ4v) is 2.85. The topological polar surface area (TPSA) is 38.3 Å². The normalized spacial score (nSPS) is 10.3. The molecule has 3 nitrogen and oxygen atoms in total. The molecule has 0 bridgehead atoms. The Morgan fingerprint density at radius 2 is 1.91 bits per heavy atom. The first-order valence-electron chi connectivity index (χ1n) is 7.48. The van der Waals surface area contributed by atoms with Gasteiger partial charge in [0.1, 0.15) is 11.6 Å². The first kappa shape index (κ1) is 17.3. The Morgan fingerprint density at radius 1 is 1.17 bits per heavy atom. The summed E-state index contributed by atoms with van der Waals surface area (Å²) in [6, 6.07) is 14.0. The fourth-order valence-electron chi connectivity index (χ4n) is 2.03. The SMILES string of the molecule is CCOc1ccccc1CNC(=O)CSCc1ccc(F)cc1. The van der Waals surface area contributed by atoms with Crippen molar-refractivity contribution in [3.63, 3.8) is 0 Å². The Labute approximate surface area is 140 Å². The second-order valence-corrected chi connectivity index (χ2v) is 5.92. The predicted molar refractivity (Wildman–Crippen MR) is 92.0 cm³/mol. The summed E-state index contributed by atoms with van der Waals surface area (Å²) >= 11 is 1.50. The second kappa shape index (κ2) is 9.20. The Morgan fingerprint density at radius 3 is 2.65 bits per heavy atom. The van der Waals surface area contributed by atoms with Gasteiger partial charge in [-0.25, -0.2) is 4.39 Å². The van der Waals surface area contributed by atoms with Crippen LogP contribution in [0.1, 0.15) is 18.1 Å². The van der Waals surface area contributed by atoms with Crippen molar-refractivity contribution in [1.82, 2.24) is 5.32 Å². The maximum absolute atomic E-state index is 12.8. The Bertz CT molecular complexity index is 631. The lowest BCUT2D eigenvalue weighted by molar-refractivity contribution is -0.118. The third-order valence-electron chi connectivity index (χ3n) is 3.16. The predicted octanol–water partition coefficient (Wildman–Crippen LogP) is 3.77. The zero-order chi connectivity index (χ0) is 16.5. The van der Waals surface area contributed by atoms with E-state index < -0.39 is 0 Å². The fraction of sp³-hybridized carbons (Fsp3) is 0.278. The molecule has 0 atom stereocenters. The number of halogens is 1. The van der Waals surface area contributed by atoms with Crippen LogP contribution in [0.4, 0.5) is 4.39 Å². The molecule has 2 aromatic rings. The average Bonchev–Trinajstić information content (AvgIpc) is 2.56. The minimum Gasteiger partial charge on any atom is -0.494 e. The summed E-state index contributed by atoms with van der Waals surface area (Å²) < 4.78 is 18.3. The van der Waals surface area contributed by atoms with Crippen LogP contribution in [-0.2, 0) is 17.1 Å². The Balaban J connectivity index is 1.74. The smallest absolute Gasteiger partial charge is 0.230 e. The monoisotopic (exact) mass is 333 g/mol. The van der Waals surface area contributed by atoms with Gasteiger partial charge in [-0.1, -0.05) is 30.3 Å². The number of carbonyl (C=O) groups is 1. The molecule has 2 rings (SSSR count). The van der Waals surface area contributed by atoms with E-state index in [-0.39, 0.29) is 11.7 Å². The first-order valence-corrected chi connectivity index (χ1v) is 8.64. The molecule has 0 aliphatic rings. The largest absolute Gasteiger partial charge is 0.494 e. The van der Waals surface area contributed by atoms with Crippen LogP contribution in [0.3, 0.4) is 0 Å². The van der Waals surface area contributed by atoms with E-state index in [1.54, 1.807) is 12.1 Å². The summed E-state index contributed by atoms with van der Waals surface area (Å²) in [7, 11) is 0. The van der Waals surface area contributed by atoms with Crippen LogP contribution in [0.15, 0.2) is 48.5 Å². The van der Waals surface area contributed by atoms with Crippen molar-refractivity contribution in [3.05, 3.63) is 65.5 Å². The molecule has 1 N–H and O–H groups in total. The summed E-state index contributed by atoms with van der Waals surface area (Å²) in [5.74, 6) is 1.58. The van der Waals surface area contributed by atoms with Crippen molar-refractivity contribution in [1.29, 1.82) is 0 Å². The van der Waals surface area contributed by atoms with Gasteiger partial charge < -0.3 is 10.1 Å². The van der Waals surface area contributed by atoms with Gasteiger partial charge in [0.2, 0.25) is 5.91 Å². The van der Waals surface area contributed by atoms with E-state index >= 15 is 0 Å². The van der Waals surface area contributed by atoms with Crippen molar-refractivity contribution in [2.75, 3.05) is 12.4 Å². The van der Waals surface area contributed by atoms with Gasteiger partial charge in [0, 0.05) is 17.9 Å². The zero-order valence-corrected chi connectivity index (χ0v) is 13.9. The van der Waals surface area contributed by atoms with E-state index in [2.05, 4.69) is 5.32 Å². The van der Waals surface area contributed by atoms with Crippen LogP contribution >= 0.6 is 11.8 Å². The molecule has 0 unspecified atom stereocenters. The van der Waals surface area contributed by atoms with Gasteiger partial charge in [-0.3, -0.25) is 4.79 Å². The molecule has 2 aromatic carbocycles. The highest BCUT2D eigenvalue weighted by molar-refractivity contribution is 7.99. The molecule has 0 heterocycles. The highest BCUT2D eigenvalue weighted by Crippen LogP contribution is 2.18. The van der Waals surface area contributed by atoms with Gasteiger partial charge in [-0.2, -0.15) is 0 Å². The maximum atomic E-state index is 12.8. The molecule has 0 aliphatic carbocycles. The average molecular weight is 333 g/mol. The van der Waals surface area contributed by atoms with E-state index in [1.165, 1.54) is 23.9 Å². The van der Waals surface area contributed by atoms with Crippen LogP contribution in [0.5, 0.6) is 5.75 Å². The molecule has 0 aliphatic heterocycles. The second-order valence-electron chi connectivity index (χ2n) is 4.94. The number of amides is 1. The number of hydrogen-bond donors (Lipinski definition) is 1. The number of nitrogens with one attached hydrogen (secondary N) is 1. The summed E-state index contributed by atoms with van der Waals surface area (Å²) in [4.78, 5) is 11.9. The minimum absolute atomic E-state index is 0.0246. The van der Waals surface area contributed by atoms with E-state index in [9.17, 15) is 9.18 Å². The molecule has 0 saturated heterocycles. The molecule has 0 saturated carbocycles. The van der Waals surface area contributed by atoms with Gasteiger partial charge >= 0.3 is 0 Å². The molecule has 5 heteroatoms. The third kappa shape index (κ3) is 5.94. The molecular weight excluding hydrogens is 313 g/mol. The van der Waals surface area contributed by atoms with Gasteiger partial charge in [0.25, 0.3) is 0 Å². The lowest BCUT2D eigenvalue weighted by atomic mass is 10.2. The van der Waals surface area contributed by atoms with E-state index in [1.807, 2.05) is 31.2 Å². The highest BCUT2D eigenvalue weighted by atomic mass is 32.2. The number of ether oxygens (including phenoxy) is 1. The number of carbonyl (C=O) groups excluding carboxylic acids is 1. The van der Waals surface area contributed by atoms with Gasteiger partial charge in [-0.05, 0) is 30.7 Å². The van der Waals surface area contributed by atoms with Gasteiger partial charge in [0.05, 0.1) is 12.4 Å². The lowest BCUT2D eigenvalue weighted by Crippen LogP contribution is -2.24. The van der Waals surface area contributed by atoms with Crippen LogP contribution in [-0.4, -0.2) is 18.3 Å². The number of hydrogen-bond acceptors (Lipinski definition) is 3. The van der Waals surface area contributed by atoms with Crippen LogP contribution in [0, 0.1) is 5.82 Å². The standard InChI is InChI=1S/C18H20FNO2S/c1-2-22-17-6-4-3-5-15(17)11-20-18(21)13-23-12-14-7-9-16(19)10-8-14/h3-10H,2,11-13H2,1H3,(H,20,21). The van der Waals surface area contributed by atoms with E-state index in [4.69, 9.17) is 4.74 Å². The Kier molecular flexibility index (Phi) is 6.94. The van der Waals surface area contributed by atoms with Crippen LogP contribution in [0.2, 0.25) is 0 Å². The highest BCUT2D eigenvalue weighted by Gasteiger charge is 2.06. The van der Waals surface area contributed by atoms with Gasteiger partial charge in [0.15, 0.2) is 0 Å². The number of para-hydroxylation sites is 1. The van der Waals surface area contributed by atoms with Crippen LogP contribution in [0.25, 0.3) is 0 Å². The molecular formula is C18H20FNO2S. The molecule has 0 radical (unpaired) electrons. The zero-order valence-electron chi connectivity index (χ0n) is 13.0. The molecule has 122 valence electrons. The Hall–Kier alpha value is -2.01. The molecule has 0 spiro atoms. The van der Waals surface area contributed by atoms with Crippen molar-refractivity contribution in [2.24, 2.45) is 0 Å². The van der Waals surface area contributed by atoms with Crippen molar-refractivity contribution in [3.8, 4) is 5.75 Å². The van der Waals surface area contributed by atoms with E-state index in [0.717, 1.165) is 16.9 Å². The molecule has 1 amide bonds. The summed E-state index contributed by atoms with van der Waals surface area (Å²) in [6.45, 7) is 2.98. The number of benzene rings is 2. The van der Waals surface area contributed by atoms with Gasteiger partial charge in [-0.15, -0.1) is 11.8 Å². The first-order chi connectivity index (χ1) is 11.2. The van der Waals surface area contributed by atoms with Crippen molar-refractivity contribution >= 4 is 17.7 Å². The maximum Gasteiger partial charge on any atom is 0.230 e. The summed E-state index contributed by atoms with van der Waals surface area (Å²) in [5, 5.41) is 2.89. The van der Waals surface area contributed by atoms with E-state index in [0.29, 0.717) is 24.7 Å². The molecule has 23 heavy (non-hydrogen) atoms. The number of rotatable bonds is 8. The lowest BCUT2D eigenvalue weighted by Gasteiger charge is -2.11.